The van der Waals surface area contributed by atoms with Gasteiger partial charge in [-0.15, -0.1) is 13.9 Å². The van der Waals surface area contributed by atoms with Crippen molar-refractivity contribution in [3.63, 3.8) is 0 Å². The molecule has 0 aromatic heterocycles. The van der Waals surface area contributed by atoms with Crippen LogP contribution >= 0.6 is 77.4 Å². The smallest absolute Gasteiger partial charge is 0.222 e. The number of hydrogen-bond acceptors (Lipinski definition) is 10. The van der Waals surface area contributed by atoms with Gasteiger partial charge in [-0.1, -0.05) is 87.8 Å². The summed E-state index contributed by atoms with van der Waals surface area (Å²) in [5.41, 5.74) is -0.245. The zero-order valence-corrected chi connectivity index (χ0v) is 22.5. The normalized spacial score (nSPS) is 11.5. The monoisotopic (exact) mass is 620 g/mol. The van der Waals surface area contributed by atoms with E-state index >= 15 is 0 Å². The summed E-state index contributed by atoms with van der Waals surface area (Å²) in [6.45, 7) is 0. The van der Waals surface area contributed by atoms with Crippen LogP contribution in [0.4, 0.5) is 17.1 Å². The first-order chi connectivity index (χ1) is 16.4. The predicted octanol–water partition coefficient (Wildman–Crippen LogP) is 6.95. The molecule has 0 saturated carbocycles. The molecule has 0 aliphatic carbocycles. The van der Waals surface area contributed by atoms with Crippen LogP contribution in [0.2, 0.25) is 30.1 Å². The number of hydrazine groups is 3. The van der Waals surface area contributed by atoms with E-state index in [1.807, 2.05) is 0 Å². The van der Waals surface area contributed by atoms with E-state index in [1.54, 1.807) is 18.2 Å². The van der Waals surface area contributed by atoms with E-state index in [2.05, 4.69) is 0 Å². The molecular weight excluding hydrogens is 608 g/mol. The molecule has 0 saturated heterocycles. The largest absolute Gasteiger partial charge is 0.543 e. The van der Waals surface area contributed by atoms with Crippen LogP contribution in [0.1, 0.15) is 0 Å². The van der Waals surface area contributed by atoms with Gasteiger partial charge in [-0.3, -0.25) is 0 Å². The molecule has 35 heavy (non-hydrogen) atoms. The predicted molar refractivity (Wildman–Crippen MR) is 140 cm³/mol. The van der Waals surface area contributed by atoms with E-state index in [-0.39, 0.29) is 47.2 Å². The van der Waals surface area contributed by atoms with Crippen LogP contribution in [0.25, 0.3) is 0 Å². The molecule has 0 heterocycles. The van der Waals surface area contributed by atoms with Gasteiger partial charge in [0.1, 0.15) is 17.1 Å². The van der Waals surface area contributed by atoms with Crippen molar-refractivity contribution >= 4 is 94.5 Å². The Morgan fingerprint density at radius 3 is 0.914 bits per heavy atom. The second-order valence-electron chi connectivity index (χ2n) is 6.38. The summed E-state index contributed by atoms with van der Waals surface area (Å²) >= 11 is 36.9. The summed E-state index contributed by atoms with van der Waals surface area (Å²) in [4.78, 5) is 0. The number of nitrogens with zero attached hydrogens (tertiary/aromatic N) is 3. The summed E-state index contributed by atoms with van der Waals surface area (Å²) in [5, 5.41) is 1.63. The molecular formula is C18H15Cl6N6O4P. The third-order valence-corrected chi connectivity index (χ3v) is 7.00. The molecule has 0 spiro atoms. The van der Waals surface area contributed by atoms with Crippen LogP contribution in [-0.4, -0.2) is 0 Å². The van der Waals surface area contributed by atoms with E-state index < -0.39 is 7.82 Å². The van der Waals surface area contributed by atoms with Crippen molar-refractivity contribution in [3.8, 4) is 0 Å². The molecule has 0 bridgehead atoms. The SMILES string of the molecule is NN(OP(=O)(ON(N)c1c(Cl)cccc1Cl)ON(N)c1c(Cl)cccc1Cl)c1c(Cl)cccc1Cl. The highest BCUT2D eigenvalue weighted by molar-refractivity contribution is 7.48. The molecule has 6 N–H and O–H groups in total. The standard InChI is InChI=1S/C18H15Cl6N6O4P/c19-10-4-1-5-11(20)16(10)28(25)32-35(31,33-29(26)17-12(21)6-2-7-13(17)22)34-30(27)18-14(23)8-3-9-15(18)24/h1-9H,25-27H2. The van der Waals surface area contributed by atoms with Crippen molar-refractivity contribution in [1.82, 2.24) is 0 Å². The number of rotatable bonds is 9. The van der Waals surface area contributed by atoms with Gasteiger partial charge >= 0.3 is 7.82 Å². The van der Waals surface area contributed by atoms with Crippen LogP contribution in [-0.2, 0) is 18.4 Å². The molecule has 3 aromatic rings. The number of nitrogens with two attached hydrogens (primary N) is 3. The van der Waals surface area contributed by atoms with E-state index in [9.17, 15) is 4.57 Å². The molecule has 0 amide bonds. The Morgan fingerprint density at radius 2 is 0.714 bits per heavy atom. The second-order valence-corrected chi connectivity index (χ2v) is 10.2. The fourth-order valence-corrected chi connectivity index (χ4v) is 5.26. The minimum Gasteiger partial charge on any atom is -0.222 e. The Morgan fingerprint density at radius 1 is 0.514 bits per heavy atom. The number of benzene rings is 3. The van der Waals surface area contributed by atoms with Crippen LogP contribution < -0.4 is 33.0 Å². The van der Waals surface area contributed by atoms with E-state index in [0.29, 0.717) is 15.5 Å². The van der Waals surface area contributed by atoms with Gasteiger partial charge in [-0.05, 0) is 36.4 Å². The van der Waals surface area contributed by atoms with Gasteiger partial charge in [0.15, 0.2) is 0 Å². The molecule has 3 rings (SSSR count). The average molecular weight is 623 g/mol. The van der Waals surface area contributed by atoms with Crippen LogP contribution in [0.15, 0.2) is 54.6 Å². The van der Waals surface area contributed by atoms with Crippen LogP contribution in [0, 0.1) is 0 Å². The molecule has 0 aliphatic heterocycles. The molecule has 0 aliphatic rings. The number of anilines is 3. The first-order valence-electron chi connectivity index (χ1n) is 9.09. The summed E-state index contributed by atoms with van der Waals surface area (Å²) in [6.07, 6.45) is 0. The first kappa shape index (κ1) is 28.4. The lowest BCUT2D eigenvalue weighted by Crippen LogP contribution is -2.39. The van der Waals surface area contributed by atoms with Crippen molar-refractivity contribution in [3.05, 3.63) is 84.7 Å². The summed E-state index contributed by atoms with van der Waals surface area (Å²) in [7, 11) is -4.95. The maximum atomic E-state index is 13.7. The topological polar surface area (TPSA) is 133 Å². The average Bonchev–Trinajstić information content (AvgIpc) is 2.72. The molecule has 188 valence electrons. The fourth-order valence-electron chi connectivity index (χ4n) is 2.59. The second kappa shape index (κ2) is 11.9. The Labute approximate surface area is 229 Å². The van der Waals surface area contributed by atoms with Crippen LogP contribution in [0.5, 0.6) is 0 Å². The number of para-hydroxylation sites is 3. The summed E-state index contributed by atoms with van der Waals surface area (Å²) in [6, 6.07) is 13.4. The molecule has 0 fully saturated rings. The molecule has 0 radical (unpaired) electrons. The Balaban J connectivity index is 1.99. The summed E-state index contributed by atoms with van der Waals surface area (Å²) in [5.74, 6) is 17.8. The maximum Gasteiger partial charge on any atom is 0.543 e. The van der Waals surface area contributed by atoms with Crippen molar-refractivity contribution in [2.75, 3.05) is 15.5 Å². The van der Waals surface area contributed by atoms with E-state index in [0.717, 1.165) is 0 Å². The highest BCUT2D eigenvalue weighted by atomic mass is 35.5. The molecule has 0 atom stereocenters. The maximum absolute atomic E-state index is 13.7. The van der Waals surface area contributed by atoms with Crippen molar-refractivity contribution in [2.24, 2.45) is 17.5 Å². The van der Waals surface area contributed by atoms with Crippen LogP contribution in [0.3, 0.4) is 0 Å². The van der Waals surface area contributed by atoms with Gasteiger partial charge in [0.05, 0.1) is 30.1 Å². The molecule has 17 heteroatoms. The van der Waals surface area contributed by atoms with Gasteiger partial charge < -0.3 is 0 Å². The third kappa shape index (κ3) is 6.76. The first-order valence-corrected chi connectivity index (χ1v) is 12.8. The fraction of sp³-hybridized carbons (Fsp3) is 0. The molecule has 10 nitrogen and oxygen atoms in total. The lowest BCUT2D eigenvalue weighted by Gasteiger charge is -2.30. The Hall–Kier alpha value is -1.21. The van der Waals surface area contributed by atoms with E-state index in [1.165, 1.54) is 36.4 Å². The van der Waals surface area contributed by atoms with Gasteiger partial charge in [0.25, 0.3) is 0 Å². The van der Waals surface area contributed by atoms with Crippen molar-refractivity contribution < 1.29 is 18.4 Å². The number of phosphoric acid groups is 1. The minimum atomic E-state index is -4.95. The minimum absolute atomic E-state index is 0.0454. The highest BCUT2D eigenvalue weighted by Crippen LogP contribution is 2.54. The Bertz CT molecular complexity index is 1060. The molecule has 3 aromatic carbocycles. The zero-order valence-electron chi connectivity index (χ0n) is 17.1. The zero-order chi connectivity index (χ0) is 25.9. The lowest BCUT2D eigenvalue weighted by molar-refractivity contribution is 0.0861. The highest BCUT2D eigenvalue weighted by Gasteiger charge is 2.39. The Kier molecular flexibility index (Phi) is 9.64. The number of halogens is 6. The van der Waals surface area contributed by atoms with Gasteiger partial charge in [-0.25, -0.2) is 22.1 Å². The third-order valence-electron chi connectivity index (χ3n) is 4.04. The van der Waals surface area contributed by atoms with E-state index in [4.69, 9.17) is 101 Å². The summed E-state index contributed by atoms with van der Waals surface area (Å²) < 4.78 is 29.5. The van der Waals surface area contributed by atoms with Gasteiger partial charge in [0, 0.05) is 0 Å². The quantitative estimate of drug-likeness (QED) is 0.131. The lowest BCUT2D eigenvalue weighted by atomic mass is 10.3. The van der Waals surface area contributed by atoms with Gasteiger partial charge in [0.2, 0.25) is 0 Å². The van der Waals surface area contributed by atoms with Crippen molar-refractivity contribution in [2.45, 2.75) is 0 Å². The van der Waals surface area contributed by atoms with Gasteiger partial charge in [-0.2, -0.15) is 15.5 Å². The number of hydrogen-bond donors (Lipinski definition) is 3. The molecule has 0 unspecified atom stereocenters. The van der Waals surface area contributed by atoms with Crippen molar-refractivity contribution in [1.29, 1.82) is 0 Å².